The van der Waals surface area contributed by atoms with Crippen molar-refractivity contribution in [3.05, 3.63) is 46.4 Å². The zero-order valence-corrected chi connectivity index (χ0v) is 13.5. The van der Waals surface area contributed by atoms with Gasteiger partial charge < -0.3 is 5.32 Å². The lowest BCUT2D eigenvalue weighted by Crippen LogP contribution is -2.19. The third-order valence-electron chi connectivity index (χ3n) is 3.40. The van der Waals surface area contributed by atoms with Crippen molar-refractivity contribution in [1.82, 2.24) is 9.78 Å². The molecule has 0 fully saturated rings. The van der Waals surface area contributed by atoms with Gasteiger partial charge in [0.25, 0.3) is 0 Å². The molecule has 1 aromatic carbocycles. The van der Waals surface area contributed by atoms with Gasteiger partial charge in [-0.05, 0) is 25.5 Å². The van der Waals surface area contributed by atoms with Crippen LogP contribution in [0.5, 0.6) is 0 Å². The number of nitrogens with zero attached hydrogens (tertiary/aromatic N) is 2. The molecule has 0 bridgehead atoms. The average molecular weight is 324 g/mol. The molecule has 1 aromatic heterocycles. The van der Waals surface area contributed by atoms with Crippen molar-refractivity contribution in [2.75, 3.05) is 5.32 Å². The van der Waals surface area contributed by atoms with Crippen molar-refractivity contribution in [2.24, 2.45) is 0 Å². The van der Waals surface area contributed by atoms with E-state index in [0.717, 1.165) is 24.9 Å². The third-order valence-corrected chi connectivity index (χ3v) is 3.76. The molecule has 1 N–H and O–H groups in total. The Morgan fingerprint density at radius 2 is 2.23 bits per heavy atom. The van der Waals surface area contributed by atoms with E-state index in [4.69, 9.17) is 11.6 Å². The number of halogens is 2. The number of benzene rings is 1. The number of aromatic nitrogens is 2. The molecule has 1 heterocycles. The topological polar surface area (TPSA) is 46.9 Å². The van der Waals surface area contributed by atoms with Crippen molar-refractivity contribution in [2.45, 2.75) is 39.7 Å². The monoisotopic (exact) mass is 323 g/mol. The molecule has 0 aliphatic rings. The van der Waals surface area contributed by atoms with Crippen molar-refractivity contribution in [3.63, 3.8) is 0 Å². The molecule has 0 spiro atoms. The SMILES string of the molecule is CCCCn1ncc(C)c1NC(=O)Cc1c(F)cccc1Cl. The maximum absolute atomic E-state index is 13.7. The summed E-state index contributed by atoms with van der Waals surface area (Å²) < 4.78 is 15.5. The fourth-order valence-electron chi connectivity index (χ4n) is 2.16. The summed E-state index contributed by atoms with van der Waals surface area (Å²) in [6.45, 7) is 4.70. The second kappa shape index (κ2) is 7.40. The van der Waals surface area contributed by atoms with Gasteiger partial charge in [0.15, 0.2) is 0 Å². The summed E-state index contributed by atoms with van der Waals surface area (Å²) in [7, 11) is 0. The summed E-state index contributed by atoms with van der Waals surface area (Å²) in [6.07, 6.45) is 3.62. The fraction of sp³-hybridized carbons (Fsp3) is 0.375. The lowest BCUT2D eigenvalue weighted by molar-refractivity contribution is -0.115. The quantitative estimate of drug-likeness (QED) is 0.874. The lowest BCUT2D eigenvalue weighted by Gasteiger charge is -2.11. The Morgan fingerprint density at radius 3 is 2.91 bits per heavy atom. The summed E-state index contributed by atoms with van der Waals surface area (Å²) in [6, 6.07) is 4.39. The molecule has 0 unspecified atom stereocenters. The van der Waals surface area contributed by atoms with Crippen LogP contribution in [-0.2, 0) is 17.8 Å². The highest BCUT2D eigenvalue weighted by atomic mass is 35.5. The number of carbonyl (C=O) groups excluding carboxylic acids is 1. The summed E-state index contributed by atoms with van der Waals surface area (Å²) in [5.74, 6) is -0.127. The van der Waals surface area contributed by atoms with Crippen molar-refractivity contribution < 1.29 is 9.18 Å². The van der Waals surface area contributed by atoms with Gasteiger partial charge in [0.2, 0.25) is 5.91 Å². The minimum Gasteiger partial charge on any atom is -0.310 e. The van der Waals surface area contributed by atoms with E-state index >= 15 is 0 Å². The summed E-state index contributed by atoms with van der Waals surface area (Å²) in [5, 5.41) is 7.31. The Morgan fingerprint density at radius 1 is 1.45 bits per heavy atom. The molecular formula is C16H19ClFN3O. The molecule has 0 radical (unpaired) electrons. The first-order chi connectivity index (χ1) is 10.5. The van der Waals surface area contributed by atoms with E-state index in [1.54, 1.807) is 16.9 Å². The van der Waals surface area contributed by atoms with Crippen molar-refractivity contribution in [1.29, 1.82) is 0 Å². The number of rotatable bonds is 6. The molecule has 6 heteroatoms. The Hall–Kier alpha value is -1.88. The van der Waals surface area contributed by atoms with E-state index in [2.05, 4.69) is 17.3 Å². The van der Waals surface area contributed by atoms with Gasteiger partial charge in [0.05, 0.1) is 12.6 Å². The van der Waals surface area contributed by atoms with Gasteiger partial charge in [-0.2, -0.15) is 5.10 Å². The zero-order chi connectivity index (χ0) is 16.1. The largest absolute Gasteiger partial charge is 0.310 e. The van der Waals surface area contributed by atoms with Crippen LogP contribution in [0.3, 0.4) is 0 Å². The van der Waals surface area contributed by atoms with E-state index in [0.29, 0.717) is 5.82 Å². The molecule has 0 saturated carbocycles. The number of hydrogen-bond donors (Lipinski definition) is 1. The third kappa shape index (κ3) is 3.85. The first-order valence-electron chi connectivity index (χ1n) is 7.28. The first-order valence-corrected chi connectivity index (χ1v) is 7.65. The van der Waals surface area contributed by atoms with Crippen LogP contribution in [0.4, 0.5) is 10.2 Å². The molecule has 0 saturated heterocycles. The van der Waals surface area contributed by atoms with Gasteiger partial charge in [0, 0.05) is 22.7 Å². The highest BCUT2D eigenvalue weighted by molar-refractivity contribution is 6.31. The zero-order valence-electron chi connectivity index (χ0n) is 12.7. The van der Waals surface area contributed by atoms with Crippen molar-refractivity contribution in [3.8, 4) is 0 Å². The van der Waals surface area contributed by atoms with E-state index < -0.39 is 5.82 Å². The van der Waals surface area contributed by atoms with E-state index in [1.807, 2.05) is 6.92 Å². The standard InChI is InChI=1S/C16H19ClFN3O/c1-3-4-8-21-16(11(2)10-19-21)20-15(22)9-12-13(17)6-5-7-14(12)18/h5-7,10H,3-4,8-9H2,1-2H3,(H,20,22). The number of hydrogen-bond acceptors (Lipinski definition) is 2. The smallest absolute Gasteiger partial charge is 0.230 e. The Balaban J connectivity index is 2.11. The summed E-state index contributed by atoms with van der Waals surface area (Å²) in [4.78, 5) is 12.2. The molecular weight excluding hydrogens is 305 g/mol. The van der Waals surface area contributed by atoms with Crippen LogP contribution in [0.15, 0.2) is 24.4 Å². The number of carbonyl (C=O) groups is 1. The van der Waals surface area contributed by atoms with E-state index in [-0.39, 0.29) is 22.9 Å². The molecule has 0 atom stereocenters. The average Bonchev–Trinajstić information content (AvgIpc) is 2.82. The molecule has 118 valence electrons. The number of amides is 1. The van der Waals surface area contributed by atoms with Gasteiger partial charge >= 0.3 is 0 Å². The Bertz CT molecular complexity index is 649. The van der Waals surface area contributed by atoms with Crippen LogP contribution in [0.1, 0.15) is 30.9 Å². The summed E-state index contributed by atoms with van der Waals surface area (Å²) in [5.41, 5.74) is 1.09. The molecule has 0 aliphatic heterocycles. The Kier molecular flexibility index (Phi) is 5.55. The predicted molar refractivity (Wildman–Crippen MR) is 85.6 cm³/mol. The first kappa shape index (κ1) is 16.5. The fourth-order valence-corrected chi connectivity index (χ4v) is 2.39. The molecule has 2 aromatic rings. The number of aryl methyl sites for hydroxylation is 2. The van der Waals surface area contributed by atoms with Crippen LogP contribution in [0.25, 0.3) is 0 Å². The van der Waals surface area contributed by atoms with Gasteiger partial charge in [-0.3, -0.25) is 4.79 Å². The predicted octanol–water partition coefficient (Wildman–Crippen LogP) is 3.97. The second-order valence-corrected chi connectivity index (χ2v) is 5.59. The highest BCUT2D eigenvalue weighted by Gasteiger charge is 2.15. The molecule has 2 rings (SSSR count). The molecule has 4 nitrogen and oxygen atoms in total. The van der Waals surface area contributed by atoms with Gasteiger partial charge in [-0.15, -0.1) is 0 Å². The van der Waals surface area contributed by atoms with Crippen LogP contribution in [-0.4, -0.2) is 15.7 Å². The van der Waals surface area contributed by atoms with Crippen molar-refractivity contribution >= 4 is 23.3 Å². The molecule has 1 amide bonds. The van der Waals surface area contributed by atoms with Crippen LogP contribution >= 0.6 is 11.6 Å². The minimum atomic E-state index is -0.473. The summed E-state index contributed by atoms with van der Waals surface area (Å²) >= 11 is 5.95. The maximum Gasteiger partial charge on any atom is 0.230 e. The Labute approximate surface area is 134 Å². The van der Waals surface area contributed by atoms with Gasteiger partial charge in [0.1, 0.15) is 11.6 Å². The molecule has 22 heavy (non-hydrogen) atoms. The molecule has 0 aliphatic carbocycles. The normalized spacial score (nSPS) is 10.7. The van der Waals surface area contributed by atoms with E-state index in [9.17, 15) is 9.18 Å². The second-order valence-electron chi connectivity index (χ2n) is 5.18. The van der Waals surface area contributed by atoms with E-state index in [1.165, 1.54) is 12.1 Å². The number of nitrogens with one attached hydrogen (secondary N) is 1. The number of unbranched alkanes of at least 4 members (excludes halogenated alkanes) is 1. The van der Waals surface area contributed by atoms with Crippen LogP contribution in [0.2, 0.25) is 5.02 Å². The van der Waals surface area contributed by atoms with Gasteiger partial charge in [-0.1, -0.05) is 31.0 Å². The van der Waals surface area contributed by atoms with Crippen LogP contribution in [0, 0.1) is 12.7 Å². The minimum absolute atomic E-state index is 0.107. The highest BCUT2D eigenvalue weighted by Crippen LogP contribution is 2.21. The number of anilines is 1. The van der Waals surface area contributed by atoms with Gasteiger partial charge in [-0.25, -0.2) is 9.07 Å². The maximum atomic E-state index is 13.7. The van der Waals surface area contributed by atoms with Crippen LogP contribution < -0.4 is 5.32 Å². The lowest BCUT2D eigenvalue weighted by atomic mass is 10.1.